The molecule has 0 aromatic heterocycles. The van der Waals surface area contributed by atoms with Crippen molar-refractivity contribution in [3.05, 3.63) is 39.9 Å². The normalized spacial score (nSPS) is 24.8. The molecule has 5 heteroatoms. The van der Waals surface area contributed by atoms with Crippen LogP contribution in [0.2, 0.25) is 0 Å². The first-order valence-electron chi connectivity index (χ1n) is 6.69. The van der Waals surface area contributed by atoms with Crippen LogP contribution in [0.4, 0.5) is 0 Å². The van der Waals surface area contributed by atoms with Crippen molar-refractivity contribution in [3.63, 3.8) is 0 Å². The molecule has 0 radical (unpaired) electrons. The molecule has 1 aromatic rings. The van der Waals surface area contributed by atoms with E-state index in [2.05, 4.69) is 0 Å². The van der Waals surface area contributed by atoms with Gasteiger partial charge in [0.15, 0.2) is 0 Å². The summed E-state index contributed by atoms with van der Waals surface area (Å²) in [6.45, 7) is 1.39. The molecule has 1 fully saturated rings. The second-order valence-corrected chi connectivity index (χ2v) is 5.75. The van der Waals surface area contributed by atoms with Crippen LogP contribution in [-0.4, -0.2) is 24.4 Å². The van der Waals surface area contributed by atoms with Crippen molar-refractivity contribution in [1.29, 1.82) is 0 Å². The Morgan fingerprint density at radius 3 is 2.45 bits per heavy atom. The number of rotatable bonds is 6. The highest BCUT2D eigenvalue weighted by molar-refractivity contribution is 5.76. The topological polar surface area (TPSA) is 69.4 Å². The van der Waals surface area contributed by atoms with E-state index < -0.39 is 5.41 Å². The van der Waals surface area contributed by atoms with Crippen LogP contribution in [-0.2, 0) is 4.79 Å². The van der Waals surface area contributed by atoms with Gasteiger partial charge in [0, 0.05) is 16.8 Å². The number of nitro groups is 1. The van der Waals surface area contributed by atoms with Gasteiger partial charge in [0.05, 0.1) is 7.11 Å². The maximum absolute atomic E-state index is 11.3. The predicted octanol–water partition coefficient (Wildman–Crippen LogP) is 2.81. The third-order valence-corrected chi connectivity index (χ3v) is 4.03. The van der Waals surface area contributed by atoms with E-state index in [1.165, 1.54) is 6.92 Å². The molecule has 1 aliphatic carbocycles. The first kappa shape index (κ1) is 14.5. The molecule has 0 bridgehead atoms. The number of methoxy groups -OCH3 is 1. The molecule has 108 valence electrons. The number of carbonyl (C=O) groups is 1. The summed E-state index contributed by atoms with van der Waals surface area (Å²) < 4.78 is 5.11. The third-order valence-electron chi connectivity index (χ3n) is 4.03. The molecule has 1 aromatic carbocycles. The fourth-order valence-electron chi connectivity index (χ4n) is 3.23. The Bertz CT molecular complexity index is 485. The van der Waals surface area contributed by atoms with Crippen LogP contribution >= 0.6 is 0 Å². The third kappa shape index (κ3) is 3.15. The lowest BCUT2D eigenvalue weighted by Gasteiger charge is -2.44. The zero-order valence-electron chi connectivity index (χ0n) is 11.8. The van der Waals surface area contributed by atoms with Gasteiger partial charge in [-0.05, 0) is 43.4 Å². The molecule has 20 heavy (non-hydrogen) atoms. The largest absolute Gasteiger partial charge is 0.497 e. The Hall–Kier alpha value is -1.91. The summed E-state index contributed by atoms with van der Waals surface area (Å²) in [5.41, 5.74) is 0.716. The van der Waals surface area contributed by atoms with Crippen molar-refractivity contribution in [1.82, 2.24) is 0 Å². The van der Waals surface area contributed by atoms with Crippen LogP contribution in [0.25, 0.3) is 0 Å². The van der Waals surface area contributed by atoms with Crippen molar-refractivity contribution < 1.29 is 14.5 Å². The van der Waals surface area contributed by atoms with E-state index in [1.54, 1.807) is 7.11 Å². The summed E-state index contributed by atoms with van der Waals surface area (Å²) >= 11 is 0. The van der Waals surface area contributed by atoms with Gasteiger partial charge in [-0.1, -0.05) is 12.1 Å². The summed E-state index contributed by atoms with van der Waals surface area (Å²) in [4.78, 5) is 21.8. The summed E-state index contributed by atoms with van der Waals surface area (Å²) in [6, 6.07) is 7.78. The van der Waals surface area contributed by atoms with E-state index in [9.17, 15) is 14.9 Å². The first-order chi connectivity index (χ1) is 9.44. The van der Waals surface area contributed by atoms with Crippen molar-refractivity contribution in [3.8, 4) is 5.75 Å². The number of ether oxygens (including phenoxy) is 1. The molecule has 0 atom stereocenters. The maximum atomic E-state index is 11.3. The molecule has 0 saturated heterocycles. The highest BCUT2D eigenvalue weighted by Gasteiger charge is 2.49. The highest BCUT2D eigenvalue weighted by Crippen LogP contribution is 2.53. The van der Waals surface area contributed by atoms with Gasteiger partial charge in [-0.25, -0.2) is 0 Å². The van der Waals surface area contributed by atoms with Crippen LogP contribution in [0, 0.1) is 15.5 Å². The Labute approximate surface area is 118 Å². The second-order valence-electron chi connectivity index (χ2n) is 5.75. The smallest absolute Gasteiger partial charge is 0.209 e. The van der Waals surface area contributed by atoms with Gasteiger partial charge in [-0.3, -0.25) is 10.1 Å². The molecular formula is C15H19NO4. The van der Waals surface area contributed by atoms with Gasteiger partial charge in [-0.15, -0.1) is 0 Å². The predicted molar refractivity (Wildman–Crippen MR) is 74.6 cm³/mol. The molecule has 0 heterocycles. The minimum Gasteiger partial charge on any atom is -0.497 e. The number of hydrogen-bond donors (Lipinski definition) is 0. The van der Waals surface area contributed by atoms with Crippen molar-refractivity contribution >= 4 is 5.78 Å². The number of nitrogens with zero attached hydrogens (tertiary/aromatic N) is 1. The van der Waals surface area contributed by atoms with Gasteiger partial charge >= 0.3 is 0 Å². The summed E-state index contributed by atoms with van der Waals surface area (Å²) in [6.07, 6.45) is 1.72. The van der Waals surface area contributed by atoms with Crippen LogP contribution in [0.15, 0.2) is 24.3 Å². The monoisotopic (exact) mass is 277 g/mol. The van der Waals surface area contributed by atoms with Gasteiger partial charge in [0.2, 0.25) is 6.54 Å². The second kappa shape index (κ2) is 5.61. The highest BCUT2D eigenvalue weighted by atomic mass is 16.6. The summed E-state index contributed by atoms with van der Waals surface area (Å²) in [5.74, 6) is 1.13. The molecule has 0 amide bonds. The molecule has 5 nitrogen and oxygen atoms in total. The molecular weight excluding hydrogens is 258 g/mol. The van der Waals surface area contributed by atoms with Gasteiger partial charge < -0.3 is 9.53 Å². The first-order valence-corrected chi connectivity index (χ1v) is 6.69. The Morgan fingerprint density at radius 1 is 1.40 bits per heavy atom. The zero-order chi connectivity index (χ0) is 14.8. The molecule has 0 spiro atoms. The average Bonchev–Trinajstić information content (AvgIpc) is 2.34. The number of benzene rings is 1. The zero-order valence-corrected chi connectivity index (χ0v) is 11.8. The number of carbonyl (C=O) groups excluding carboxylic acids is 1. The molecule has 0 aliphatic heterocycles. The van der Waals surface area contributed by atoms with Crippen molar-refractivity contribution in [2.45, 2.75) is 32.1 Å². The summed E-state index contributed by atoms with van der Waals surface area (Å²) in [7, 11) is 1.62. The van der Waals surface area contributed by atoms with E-state index in [0.29, 0.717) is 25.2 Å². The molecule has 0 N–H and O–H groups in total. The minimum atomic E-state index is -0.445. The van der Waals surface area contributed by atoms with E-state index in [0.717, 1.165) is 11.3 Å². The van der Waals surface area contributed by atoms with E-state index in [4.69, 9.17) is 4.74 Å². The van der Waals surface area contributed by atoms with Crippen LogP contribution in [0.3, 0.4) is 0 Å². The van der Waals surface area contributed by atoms with Crippen molar-refractivity contribution in [2.24, 2.45) is 5.41 Å². The molecule has 1 saturated carbocycles. The van der Waals surface area contributed by atoms with Gasteiger partial charge in [-0.2, -0.15) is 0 Å². The fourth-order valence-corrected chi connectivity index (χ4v) is 3.23. The average molecular weight is 277 g/mol. The van der Waals surface area contributed by atoms with Crippen LogP contribution < -0.4 is 4.74 Å². The van der Waals surface area contributed by atoms with Crippen LogP contribution in [0.5, 0.6) is 5.75 Å². The molecule has 0 unspecified atom stereocenters. The number of ketones is 1. The van der Waals surface area contributed by atoms with Crippen molar-refractivity contribution in [2.75, 3.05) is 13.7 Å². The Kier molecular flexibility index (Phi) is 4.06. The number of Topliss-reactive ketones (excluding diaryl/α,β-unsaturated/α-hetero) is 1. The number of hydrogen-bond acceptors (Lipinski definition) is 4. The summed E-state index contributed by atoms with van der Waals surface area (Å²) in [5, 5.41) is 10.8. The van der Waals surface area contributed by atoms with Gasteiger partial charge in [0.25, 0.3) is 0 Å². The minimum absolute atomic E-state index is 0.0278. The fraction of sp³-hybridized carbons (Fsp3) is 0.533. The Morgan fingerprint density at radius 2 is 2.00 bits per heavy atom. The quantitative estimate of drug-likeness (QED) is 0.592. The lowest BCUT2D eigenvalue weighted by atomic mass is 9.58. The van der Waals surface area contributed by atoms with E-state index >= 15 is 0 Å². The molecule has 1 aliphatic rings. The lowest BCUT2D eigenvalue weighted by Crippen LogP contribution is -2.42. The SMILES string of the molecule is COc1ccc(C2CC(CC(C)=O)(C[N+](=O)[O-])C2)cc1. The maximum Gasteiger partial charge on any atom is 0.209 e. The lowest BCUT2D eigenvalue weighted by molar-refractivity contribution is -0.502. The van der Waals surface area contributed by atoms with E-state index in [1.807, 2.05) is 24.3 Å². The standard InChI is InChI=1S/C15H19NO4/c1-11(17)7-15(10-16(18)19)8-13(9-15)12-3-5-14(20-2)6-4-12/h3-6,13H,7-10H2,1-2H3. The Balaban J connectivity index is 2.04. The molecule has 2 rings (SSSR count). The van der Waals surface area contributed by atoms with Gasteiger partial charge in [0.1, 0.15) is 11.5 Å². The van der Waals surface area contributed by atoms with E-state index in [-0.39, 0.29) is 17.3 Å². The van der Waals surface area contributed by atoms with Crippen LogP contribution in [0.1, 0.15) is 37.7 Å².